The minimum absolute atomic E-state index is 0.0403. The Balaban J connectivity index is 2.22. The average molecular weight is 354 g/mol. The van der Waals surface area contributed by atoms with Gasteiger partial charge in [0.25, 0.3) is 0 Å². The minimum Gasteiger partial charge on any atom is -0.478 e. The Morgan fingerprint density at radius 3 is 2.52 bits per heavy atom. The zero-order valence-corrected chi connectivity index (χ0v) is 13.0. The number of rotatable bonds is 4. The summed E-state index contributed by atoms with van der Waals surface area (Å²) >= 11 is 5.75. The summed E-state index contributed by atoms with van der Waals surface area (Å²) < 4.78 is 49.1. The molecule has 1 aliphatic heterocycles. The molecule has 0 spiro atoms. The van der Waals surface area contributed by atoms with Crippen LogP contribution in [0.2, 0.25) is 5.02 Å². The van der Waals surface area contributed by atoms with Crippen LogP contribution in [0.3, 0.4) is 0 Å². The topological polar surface area (TPSA) is 118 Å². The van der Waals surface area contributed by atoms with Crippen molar-refractivity contribution in [2.75, 3.05) is 16.2 Å². The number of carboxylic acids is 1. The van der Waals surface area contributed by atoms with E-state index in [1.54, 1.807) is 0 Å². The largest absolute Gasteiger partial charge is 0.478 e. The van der Waals surface area contributed by atoms with Crippen molar-refractivity contribution in [3.05, 3.63) is 28.8 Å². The van der Waals surface area contributed by atoms with E-state index in [1.165, 1.54) is 18.2 Å². The van der Waals surface area contributed by atoms with Gasteiger partial charge in [0, 0.05) is 0 Å². The van der Waals surface area contributed by atoms with Gasteiger partial charge in [-0.15, -0.1) is 0 Å². The lowest BCUT2D eigenvalue weighted by Crippen LogP contribution is -2.28. The van der Waals surface area contributed by atoms with E-state index < -0.39 is 36.8 Å². The van der Waals surface area contributed by atoms with Gasteiger partial charge in [0.1, 0.15) is 0 Å². The van der Waals surface area contributed by atoms with E-state index >= 15 is 0 Å². The molecule has 0 saturated carbocycles. The second-order valence-electron chi connectivity index (χ2n) is 4.67. The van der Waals surface area contributed by atoms with Crippen LogP contribution in [0.25, 0.3) is 0 Å². The molecule has 0 amide bonds. The monoisotopic (exact) mass is 353 g/mol. The Hall–Kier alpha value is -1.32. The average Bonchev–Trinajstić information content (AvgIpc) is 2.69. The van der Waals surface area contributed by atoms with Crippen molar-refractivity contribution in [1.82, 2.24) is 0 Å². The molecule has 0 aromatic heterocycles. The number of halogens is 1. The van der Waals surface area contributed by atoms with Gasteiger partial charge in [-0.2, -0.15) is 0 Å². The lowest BCUT2D eigenvalue weighted by Gasteiger charge is -2.13. The predicted octanol–water partition coefficient (Wildman–Crippen LogP) is 0.967. The first kappa shape index (κ1) is 16.1. The molecule has 21 heavy (non-hydrogen) atoms. The van der Waals surface area contributed by atoms with E-state index in [4.69, 9.17) is 16.7 Å². The zero-order valence-electron chi connectivity index (χ0n) is 10.6. The molecular weight excluding hydrogens is 342 g/mol. The lowest BCUT2D eigenvalue weighted by molar-refractivity contribution is 0.0697. The summed E-state index contributed by atoms with van der Waals surface area (Å²) in [6.45, 7) is 0. The highest BCUT2D eigenvalue weighted by Gasteiger charge is 2.37. The molecule has 7 nitrogen and oxygen atoms in total. The SMILES string of the molecule is O=C(O)c1ccc(NS(=O)(=O)C2CCS(=O)(=O)C2)cc1Cl. The number of benzene rings is 1. The predicted molar refractivity (Wildman–Crippen MR) is 78.0 cm³/mol. The molecule has 1 aromatic carbocycles. The minimum atomic E-state index is -3.87. The maximum absolute atomic E-state index is 12.1. The van der Waals surface area contributed by atoms with Crippen LogP contribution in [-0.4, -0.2) is 44.7 Å². The molecule has 2 rings (SSSR count). The Labute approximate surface area is 126 Å². The number of aromatic carboxylic acids is 1. The Morgan fingerprint density at radius 1 is 1.38 bits per heavy atom. The van der Waals surface area contributed by atoms with Gasteiger partial charge < -0.3 is 5.11 Å². The summed E-state index contributed by atoms with van der Waals surface area (Å²) in [4.78, 5) is 10.8. The molecule has 116 valence electrons. The normalized spacial score (nSPS) is 21.1. The van der Waals surface area contributed by atoms with Gasteiger partial charge in [-0.3, -0.25) is 4.72 Å². The van der Waals surface area contributed by atoms with Crippen molar-refractivity contribution in [2.45, 2.75) is 11.7 Å². The second kappa shape index (κ2) is 5.47. The molecule has 1 unspecified atom stereocenters. The van der Waals surface area contributed by atoms with Gasteiger partial charge in [-0.05, 0) is 24.6 Å². The fourth-order valence-corrected chi connectivity index (χ4v) is 6.35. The first-order valence-electron chi connectivity index (χ1n) is 5.86. The van der Waals surface area contributed by atoms with Crippen LogP contribution >= 0.6 is 11.6 Å². The van der Waals surface area contributed by atoms with Gasteiger partial charge in [-0.25, -0.2) is 21.6 Å². The standard InChI is InChI=1S/C11H12ClNO6S2/c12-10-5-7(1-2-9(10)11(14)15)13-21(18,19)8-3-4-20(16,17)6-8/h1-2,5,8,13H,3-4,6H2,(H,14,15). The third-order valence-corrected chi connectivity index (χ3v) is 7.18. The molecule has 1 aliphatic rings. The number of anilines is 1. The molecule has 0 aliphatic carbocycles. The first-order valence-corrected chi connectivity index (χ1v) is 9.60. The van der Waals surface area contributed by atoms with Crippen molar-refractivity contribution in [2.24, 2.45) is 0 Å². The Morgan fingerprint density at radius 2 is 2.05 bits per heavy atom. The van der Waals surface area contributed by atoms with Crippen molar-refractivity contribution >= 4 is 43.1 Å². The first-order chi connectivity index (χ1) is 9.61. The highest BCUT2D eigenvalue weighted by Crippen LogP contribution is 2.25. The summed E-state index contributed by atoms with van der Waals surface area (Å²) in [5.74, 6) is -1.79. The summed E-state index contributed by atoms with van der Waals surface area (Å²) in [6.07, 6.45) is 0.0403. The third kappa shape index (κ3) is 3.66. The quantitative estimate of drug-likeness (QED) is 0.832. The van der Waals surface area contributed by atoms with E-state index in [0.717, 1.165) is 0 Å². The van der Waals surface area contributed by atoms with Crippen LogP contribution in [0.4, 0.5) is 5.69 Å². The van der Waals surface area contributed by atoms with Crippen LogP contribution in [0, 0.1) is 0 Å². The third-order valence-electron chi connectivity index (χ3n) is 3.09. The smallest absolute Gasteiger partial charge is 0.337 e. The highest BCUT2D eigenvalue weighted by atomic mass is 35.5. The number of hydrogen-bond donors (Lipinski definition) is 2. The maximum atomic E-state index is 12.1. The van der Waals surface area contributed by atoms with E-state index in [2.05, 4.69) is 4.72 Å². The number of hydrogen-bond acceptors (Lipinski definition) is 5. The van der Waals surface area contributed by atoms with Gasteiger partial charge in [0.15, 0.2) is 9.84 Å². The highest BCUT2D eigenvalue weighted by molar-refractivity contribution is 7.97. The van der Waals surface area contributed by atoms with Crippen LogP contribution in [0.1, 0.15) is 16.8 Å². The molecule has 0 radical (unpaired) electrons. The summed E-state index contributed by atoms with van der Waals surface area (Å²) in [5, 5.41) is 7.71. The summed E-state index contributed by atoms with van der Waals surface area (Å²) in [6, 6.07) is 3.61. The van der Waals surface area contributed by atoms with Crippen LogP contribution in [0.5, 0.6) is 0 Å². The van der Waals surface area contributed by atoms with Gasteiger partial charge >= 0.3 is 5.97 Å². The molecule has 1 aromatic rings. The summed E-state index contributed by atoms with van der Waals surface area (Å²) in [7, 11) is -7.19. The van der Waals surface area contributed by atoms with E-state index in [9.17, 15) is 21.6 Å². The molecular formula is C11H12ClNO6S2. The maximum Gasteiger partial charge on any atom is 0.337 e. The zero-order chi connectivity index (χ0) is 15.8. The van der Waals surface area contributed by atoms with E-state index in [1.807, 2.05) is 0 Å². The van der Waals surface area contributed by atoms with Gasteiger partial charge in [0.2, 0.25) is 10.0 Å². The number of carbonyl (C=O) groups is 1. The number of sulfone groups is 1. The van der Waals surface area contributed by atoms with Gasteiger partial charge in [0.05, 0.1) is 33.0 Å². The number of nitrogens with one attached hydrogen (secondary N) is 1. The fourth-order valence-electron chi connectivity index (χ4n) is 2.01. The molecule has 1 fully saturated rings. The molecule has 10 heteroatoms. The number of carboxylic acid groups (broad SMARTS) is 1. The van der Waals surface area contributed by atoms with E-state index in [0.29, 0.717) is 0 Å². The molecule has 1 atom stereocenters. The van der Waals surface area contributed by atoms with Crippen LogP contribution in [-0.2, 0) is 19.9 Å². The number of sulfonamides is 1. The molecule has 0 bridgehead atoms. The van der Waals surface area contributed by atoms with Crippen molar-refractivity contribution < 1.29 is 26.7 Å². The van der Waals surface area contributed by atoms with Crippen molar-refractivity contribution in [3.8, 4) is 0 Å². The summed E-state index contributed by atoms with van der Waals surface area (Å²) in [5.41, 5.74) is -0.0580. The van der Waals surface area contributed by atoms with Crippen molar-refractivity contribution in [1.29, 1.82) is 0 Å². The molecule has 1 saturated heterocycles. The molecule has 2 N–H and O–H groups in total. The Kier molecular flexibility index (Phi) is 4.18. The van der Waals surface area contributed by atoms with Crippen LogP contribution < -0.4 is 4.72 Å². The molecule has 1 heterocycles. The van der Waals surface area contributed by atoms with Crippen molar-refractivity contribution in [3.63, 3.8) is 0 Å². The Bertz CT molecular complexity index is 787. The van der Waals surface area contributed by atoms with Crippen LogP contribution in [0.15, 0.2) is 18.2 Å². The van der Waals surface area contributed by atoms with E-state index in [-0.39, 0.29) is 28.4 Å². The fraction of sp³-hybridized carbons (Fsp3) is 0.364. The second-order valence-corrected chi connectivity index (χ2v) is 9.27. The lowest BCUT2D eigenvalue weighted by atomic mass is 10.2. The van der Waals surface area contributed by atoms with Gasteiger partial charge in [-0.1, -0.05) is 11.6 Å².